The van der Waals surface area contributed by atoms with E-state index >= 15 is 0 Å². The third-order valence-electron chi connectivity index (χ3n) is 2.61. The normalized spacial score (nSPS) is 11.6. The summed E-state index contributed by atoms with van der Waals surface area (Å²) in [6.45, 7) is 3.88. The fourth-order valence-corrected chi connectivity index (χ4v) is 1.68. The van der Waals surface area contributed by atoms with E-state index < -0.39 is 0 Å². The molecule has 0 bridgehead atoms. The molecule has 0 amide bonds. The molecule has 3 nitrogen and oxygen atoms in total. The van der Waals surface area contributed by atoms with E-state index in [0.29, 0.717) is 16.7 Å². The van der Waals surface area contributed by atoms with Crippen LogP contribution >= 0.6 is 24.0 Å². The lowest BCUT2D eigenvalue weighted by Gasteiger charge is -2.10. The molecule has 0 saturated heterocycles. The molecule has 19 heavy (non-hydrogen) atoms. The lowest BCUT2D eigenvalue weighted by Crippen LogP contribution is -2.06. The van der Waals surface area contributed by atoms with Gasteiger partial charge in [-0.25, -0.2) is 4.98 Å². The van der Waals surface area contributed by atoms with E-state index in [1.165, 1.54) is 0 Å². The second-order valence-corrected chi connectivity index (χ2v) is 4.67. The molecule has 2 aromatic rings. The van der Waals surface area contributed by atoms with Crippen LogP contribution in [0.15, 0.2) is 36.5 Å². The van der Waals surface area contributed by atoms with Crippen LogP contribution in [0.25, 0.3) is 0 Å². The van der Waals surface area contributed by atoms with Crippen molar-refractivity contribution in [1.82, 2.24) is 4.98 Å². The molecule has 1 aromatic carbocycles. The van der Waals surface area contributed by atoms with Gasteiger partial charge in [-0.15, -0.1) is 12.4 Å². The van der Waals surface area contributed by atoms with E-state index in [-0.39, 0.29) is 18.4 Å². The van der Waals surface area contributed by atoms with Crippen LogP contribution in [0, 0.1) is 6.92 Å². The van der Waals surface area contributed by atoms with Gasteiger partial charge in [-0.05, 0) is 49.7 Å². The first-order valence-corrected chi connectivity index (χ1v) is 6.09. The maximum Gasteiger partial charge on any atom is 0.222 e. The van der Waals surface area contributed by atoms with Crippen molar-refractivity contribution >= 4 is 24.0 Å². The molecule has 1 heterocycles. The van der Waals surface area contributed by atoms with Crippen molar-refractivity contribution in [2.45, 2.75) is 19.9 Å². The molecule has 2 N–H and O–H groups in total. The molecule has 102 valence electrons. The number of halogens is 2. The van der Waals surface area contributed by atoms with Gasteiger partial charge in [0.15, 0.2) is 0 Å². The first kappa shape index (κ1) is 15.8. The zero-order valence-electron chi connectivity index (χ0n) is 10.8. The molecule has 1 aromatic heterocycles. The van der Waals surface area contributed by atoms with Gasteiger partial charge in [0.1, 0.15) is 5.75 Å². The van der Waals surface area contributed by atoms with Gasteiger partial charge in [0.05, 0.1) is 0 Å². The first-order chi connectivity index (χ1) is 8.56. The van der Waals surface area contributed by atoms with Crippen molar-refractivity contribution in [1.29, 1.82) is 0 Å². The highest BCUT2D eigenvalue weighted by Crippen LogP contribution is 2.25. The minimum atomic E-state index is -0.0271. The third-order valence-corrected chi connectivity index (χ3v) is 2.86. The number of hydrogen-bond acceptors (Lipinski definition) is 3. The first-order valence-electron chi connectivity index (χ1n) is 5.72. The van der Waals surface area contributed by atoms with Crippen molar-refractivity contribution in [2.24, 2.45) is 5.73 Å². The summed E-state index contributed by atoms with van der Waals surface area (Å²) < 4.78 is 5.69. The second kappa shape index (κ2) is 6.75. The number of nitrogens with zero attached hydrogens (tertiary/aromatic N) is 1. The maximum absolute atomic E-state index is 5.82. The molecule has 1 atom stereocenters. The topological polar surface area (TPSA) is 48.1 Å². The third kappa shape index (κ3) is 4.10. The van der Waals surface area contributed by atoms with Crippen LogP contribution in [-0.2, 0) is 0 Å². The van der Waals surface area contributed by atoms with E-state index in [4.69, 9.17) is 22.1 Å². The predicted molar refractivity (Wildman–Crippen MR) is 80.4 cm³/mol. The lowest BCUT2D eigenvalue weighted by molar-refractivity contribution is 0.458. The van der Waals surface area contributed by atoms with E-state index in [1.54, 1.807) is 18.3 Å². The van der Waals surface area contributed by atoms with Crippen molar-refractivity contribution < 1.29 is 4.74 Å². The molecular weight excluding hydrogens is 283 g/mol. The molecule has 0 saturated carbocycles. The van der Waals surface area contributed by atoms with Gasteiger partial charge in [0.25, 0.3) is 0 Å². The van der Waals surface area contributed by atoms with Gasteiger partial charge in [-0.3, -0.25) is 0 Å². The summed E-state index contributed by atoms with van der Waals surface area (Å²) in [5, 5.41) is 0.680. The summed E-state index contributed by atoms with van der Waals surface area (Å²) in [5.41, 5.74) is 7.76. The largest absolute Gasteiger partial charge is 0.439 e. The molecule has 0 fully saturated rings. The number of aryl methyl sites for hydroxylation is 1. The Balaban J connectivity index is 0.00000180. The Morgan fingerprint density at radius 2 is 1.89 bits per heavy atom. The summed E-state index contributed by atoms with van der Waals surface area (Å²) in [6.07, 6.45) is 1.74. The highest BCUT2D eigenvalue weighted by molar-refractivity contribution is 6.30. The summed E-state index contributed by atoms with van der Waals surface area (Å²) in [6, 6.07) is 9.14. The van der Waals surface area contributed by atoms with Crippen LogP contribution in [0.4, 0.5) is 0 Å². The Morgan fingerprint density at radius 1 is 1.26 bits per heavy atom. The second-order valence-electron chi connectivity index (χ2n) is 4.24. The number of nitrogens with two attached hydrogens (primary N) is 1. The Kier molecular flexibility index (Phi) is 5.60. The molecule has 0 spiro atoms. The number of aromatic nitrogens is 1. The van der Waals surface area contributed by atoms with Crippen LogP contribution < -0.4 is 10.5 Å². The van der Waals surface area contributed by atoms with Crippen molar-refractivity contribution in [3.8, 4) is 11.6 Å². The summed E-state index contributed by atoms with van der Waals surface area (Å²) in [5.74, 6) is 1.30. The molecule has 0 aliphatic rings. The minimum absolute atomic E-state index is 0. The van der Waals surface area contributed by atoms with Gasteiger partial charge in [-0.2, -0.15) is 0 Å². The predicted octanol–water partition coefficient (Wildman–Crippen LogP) is 4.28. The lowest BCUT2D eigenvalue weighted by atomic mass is 10.1. The van der Waals surface area contributed by atoms with Crippen LogP contribution in [-0.4, -0.2) is 4.98 Å². The molecule has 0 radical (unpaired) electrons. The van der Waals surface area contributed by atoms with E-state index in [0.717, 1.165) is 11.1 Å². The van der Waals surface area contributed by atoms with Crippen LogP contribution in [0.5, 0.6) is 11.6 Å². The number of ether oxygens (including phenoxy) is 1. The van der Waals surface area contributed by atoms with Crippen LogP contribution in [0.1, 0.15) is 24.1 Å². The smallest absolute Gasteiger partial charge is 0.222 e. The van der Waals surface area contributed by atoms with Crippen LogP contribution in [0.2, 0.25) is 5.02 Å². The average Bonchev–Trinajstić information content (AvgIpc) is 2.34. The molecule has 0 aliphatic heterocycles. The number of pyridine rings is 1. The fourth-order valence-electron chi connectivity index (χ4n) is 1.55. The monoisotopic (exact) mass is 298 g/mol. The van der Waals surface area contributed by atoms with Crippen LogP contribution in [0.3, 0.4) is 0 Å². The number of benzene rings is 1. The molecule has 5 heteroatoms. The van der Waals surface area contributed by atoms with E-state index in [1.807, 2.05) is 32.0 Å². The quantitative estimate of drug-likeness (QED) is 0.920. The van der Waals surface area contributed by atoms with Crippen molar-refractivity contribution in [3.05, 3.63) is 52.7 Å². The minimum Gasteiger partial charge on any atom is -0.439 e. The van der Waals surface area contributed by atoms with Gasteiger partial charge in [0, 0.05) is 22.8 Å². The Morgan fingerprint density at radius 3 is 2.42 bits per heavy atom. The summed E-state index contributed by atoms with van der Waals surface area (Å²) in [4.78, 5) is 4.28. The molecular formula is C14H16Cl2N2O. The summed E-state index contributed by atoms with van der Waals surface area (Å²) in [7, 11) is 0. The highest BCUT2D eigenvalue weighted by atomic mass is 35.5. The standard InChI is InChI=1S/C14H15ClN2O.ClH/c1-9-7-11(10(2)16)8-17-14(9)18-13-5-3-12(15)4-6-13;/h3-8,10H,16H2,1-2H3;1H. The Labute approximate surface area is 124 Å². The molecule has 0 aliphatic carbocycles. The highest BCUT2D eigenvalue weighted by Gasteiger charge is 2.06. The molecule has 1 unspecified atom stereocenters. The Bertz CT molecular complexity index is 542. The van der Waals surface area contributed by atoms with Crippen molar-refractivity contribution in [3.63, 3.8) is 0 Å². The number of rotatable bonds is 3. The SMILES string of the molecule is Cc1cc(C(C)N)cnc1Oc1ccc(Cl)cc1.Cl. The fraction of sp³-hybridized carbons (Fsp3) is 0.214. The summed E-state index contributed by atoms with van der Waals surface area (Å²) >= 11 is 5.82. The zero-order valence-corrected chi connectivity index (χ0v) is 12.3. The van der Waals surface area contributed by atoms with Gasteiger partial charge in [-0.1, -0.05) is 11.6 Å². The van der Waals surface area contributed by atoms with Gasteiger partial charge < -0.3 is 10.5 Å². The van der Waals surface area contributed by atoms with Crippen molar-refractivity contribution in [2.75, 3.05) is 0 Å². The van der Waals surface area contributed by atoms with Gasteiger partial charge in [0.2, 0.25) is 5.88 Å². The van der Waals surface area contributed by atoms with E-state index in [9.17, 15) is 0 Å². The van der Waals surface area contributed by atoms with Gasteiger partial charge >= 0.3 is 0 Å². The number of hydrogen-bond donors (Lipinski definition) is 1. The maximum atomic E-state index is 5.82. The van der Waals surface area contributed by atoms with E-state index in [2.05, 4.69) is 4.98 Å². The Hall–Kier alpha value is -1.29. The average molecular weight is 299 g/mol. The molecule has 2 rings (SSSR count). The zero-order chi connectivity index (χ0) is 13.1.